The Morgan fingerprint density at radius 1 is 1.08 bits per heavy atom. The molecule has 0 unspecified atom stereocenters. The molecule has 1 spiro atoms. The minimum Gasteiger partial charge on any atom is -0.455 e. The number of carbonyl (C=O) groups excluding carboxylic acids is 4. The van der Waals surface area contributed by atoms with E-state index in [-0.39, 0.29) is 31.3 Å². The van der Waals surface area contributed by atoms with E-state index in [4.69, 9.17) is 21.1 Å². The Morgan fingerprint density at radius 2 is 1.84 bits per heavy atom. The summed E-state index contributed by atoms with van der Waals surface area (Å²) in [5.74, 6) is -4.22. The van der Waals surface area contributed by atoms with Gasteiger partial charge in [-0.05, 0) is 42.5 Å². The first-order valence-electron chi connectivity index (χ1n) is 16.8. The summed E-state index contributed by atoms with van der Waals surface area (Å²) in [6.45, 7) is 5.46. The van der Waals surface area contributed by atoms with Crippen LogP contribution in [0.5, 0.6) is 0 Å². The third-order valence-corrected chi connectivity index (χ3v) is 11.3. The number of ether oxygens (including phenoxy) is 2. The normalized spacial score (nSPS) is 30.8. The van der Waals surface area contributed by atoms with E-state index in [9.17, 15) is 19.5 Å². The maximum atomic E-state index is 15.2. The quantitative estimate of drug-likeness (QED) is 0.314. The number of aryl methyl sites for hydroxylation is 1. The Balaban J connectivity index is 1.52. The van der Waals surface area contributed by atoms with Crippen LogP contribution in [0.3, 0.4) is 0 Å². The molecule has 2 saturated heterocycles. The summed E-state index contributed by atoms with van der Waals surface area (Å²) in [6, 6.07) is 12.5. The summed E-state index contributed by atoms with van der Waals surface area (Å²) in [6.07, 6.45) is 4.87. The highest BCUT2D eigenvalue weighted by Gasteiger charge is 2.75. The predicted molar refractivity (Wildman–Crippen MR) is 188 cm³/mol. The number of nitrogens with one attached hydrogen (secondary N) is 1. The predicted octanol–water partition coefficient (Wildman–Crippen LogP) is 5.01. The molecule has 0 saturated carbocycles. The lowest BCUT2D eigenvalue weighted by molar-refractivity contribution is -0.160. The van der Waals surface area contributed by atoms with Gasteiger partial charge in [0.1, 0.15) is 29.8 Å². The average molecular weight is 755 g/mol. The van der Waals surface area contributed by atoms with Crippen LogP contribution in [-0.4, -0.2) is 77.2 Å². The van der Waals surface area contributed by atoms with Crippen molar-refractivity contribution in [1.82, 2.24) is 10.2 Å². The summed E-state index contributed by atoms with van der Waals surface area (Å²) in [7, 11) is 0. The zero-order valence-corrected chi connectivity index (χ0v) is 30.0. The van der Waals surface area contributed by atoms with Gasteiger partial charge < -0.3 is 29.7 Å². The minimum atomic E-state index is -1.54. The monoisotopic (exact) mass is 753 g/mol. The Bertz CT molecular complexity index is 1660. The van der Waals surface area contributed by atoms with Gasteiger partial charge in [-0.15, -0.1) is 0 Å². The smallest absolute Gasteiger partial charge is 0.313 e. The maximum absolute atomic E-state index is 15.2. The number of benzene rings is 2. The van der Waals surface area contributed by atoms with E-state index in [2.05, 4.69) is 21.2 Å². The van der Waals surface area contributed by atoms with Crippen LogP contribution in [0.25, 0.3) is 0 Å². The summed E-state index contributed by atoms with van der Waals surface area (Å²) in [5.41, 5.74) is 0.358. The van der Waals surface area contributed by atoms with Crippen molar-refractivity contribution in [3.8, 4) is 0 Å². The van der Waals surface area contributed by atoms with Gasteiger partial charge in [-0.25, -0.2) is 0 Å². The number of fused-ring (bicyclic) bond motifs is 2. The van der Waals surface area contributed by atoms with E-state index >= 15 is 4.79 Å². The number of para-hydroxylation sites is 1. The number of nitrogens with zero attached hydrogens (tertiary/aromatic N) is 2. The van der Waals surface area contributed by atoms with Gasteiger partial charge in [0.15, 0.2) is 0 Å². The fourth-order valence-electron chi connectivity index (χ4n) is 7.70. The molecular formula is C37H41BrClN3O7. The zero-order chi connectivity index (χ0) is 35.0. The minimum absolute atomic E-state index is 0.0324. The van der Waals surface area contributed by atoms with E-state index < -0.39 is 66.1 Å². The molecule has 2 aromatic carbocycles. The van der Waals surface area contributed by atoms with Crippen molar-refractivity contribution in [2.75, 3.05) is 24.6 Å². The number of hydrogen-bond donors (Lipinski definition) is 2. The lowest BCUT2D eigenvalue weighted by atomic mass is 9.74. The first-order valence-corrected chi connectivity index (χ1v) is 17.9. The number of allylic oxidation sites excluding steroid dienone is 1. The maximum Gasteiger partial charge on any atom is 0.313 e. The van der Waals surface area contributed by atoms with Crippen molar-refractivity contribution >= 4 is 56.9 Å². The molecule has 3 amide bonds. The van der Waals surface area contributed by atoms with Crippen molar-refractivity contribution in [2.45, 2.75) is 69.9 Å². The van der Waals surface area contributed by atoms with Gasteiger partial charge in [0.25, 0.3) is 5.91 Å². The van der Waals surface area contributed by atoms with Crippen LogP contribution in [0.15, 0.2) is 71.2 Å². The Kier molecular flexibility index (Phi) is 10.4. The number of hydrogen-bond acceptors (Lipinski definition) is 7. The van der Waals surface area contributed by atoms with Crippen molar-refractivity contribution in [3.63, 3.8) is 0 Å². The van der Waals surface area contributed by atoms with Crippen molar-refractivity contribution in [1.29, 1.82) is 0 Å². The number of anilines is 1. The van der Waals surface area contributed by atoms with Crippen LogP contribution in [0.2, 0.25) is 5.02 Å². The third kappa shape index (κ3) is 6.24. The molecule has 10 nitrogen and oxygen atoms in total. The van der Waals surface area contributed by atoms with Crippen LogP contribution in [0.1, 0.15) is 50.3 Å². The molecule has 12 heteroatoms. The summed E-state index contributed by atoms with van der Waals surface area (Å²) >= 11 is 10.4. The fraction of sp³-hybridized carbons (Fsp3) is 0.459. The number of esters is 1. The van der Waals surface area contributed by atoms with E-state index in [0.29, 0.717) is 33.6 Å². The second-order valence-corrected chi connectivity index (χ2v) is 14.5. The van der Waals surface area contributed by atoms with Crippen LogP contribution in [-0.2, 0) is 28.7 Å². The van der Waals surface area contributed by atoms with Gasteiger partial charge in [0.2, 0.25) is 11.8 Å². The molecule has 2 aromatic rings. The Hall–Kier alpha value is -3.51. The molecule has 260 valence electrons. The molecular weight excluding hydrogens is 714 g/mol. The molecule has 0 aromatic heterocycles. The topological polar surface area (TPSA) is 125 Å². The number of amides is 3. The van der Waals surface area contributed by atoms with E-state index in [1.54, 1.807) is 24.3 Å². The molecule has 0 aliphatic carbocycles. The van der Waals surface area contributed by atoms with Gasteiger partial charge in [0.05, 0.1) is 35.8 Å². The van der Waals surface area contributed by atoms with Crippen LogP contribution < -0.4 is 10.2 Å². The number of cyclic esters (lactones) is 1. The van der Waals surface area contributed by atoms with Crippen molar-refractivity contribution in [2.24, 2.45) is 17.8 Å². The molecule has 4 aliphatic rings. The fourth-order valence-corrected chi connectivity index (χ4v) is 8.76. The van der Waals surface area contributed by atoms with Crippen molar-refractivity contribution in [3.05, 3.63) is 87.4 Å². The molecule has 6 rings (SSSR count). The van der Waals surface area contributed by atoms with E-state index in [0.717, 1.165) is 5.56 Å². The lowest BCUT2D eigenvalue weighted by Gasteiger charge is -2.40. The SMILES string of the molecule is CC[C@H](C)[C@H](CO)N1C(=O)[C@@H]2[C@H]3C(=O)O[C@@H](c4ccccc4)CNC(=O)CC/C=C\CN(c4c(C)cccc4Cl)C(=O)[C@@H]1[C@]21C=C(Br)[C@H]3O1. The highest BCUT2D eigenvalue weighted by Crippen LogP contribution is 2.60. The van der Waals surface area contributed by atoms with Gasteiger partial charge >= 0.3 is 5.97 Å². The Labute approximate surface area is 299 Å². The molecule has 0 radical (unpaired) electrons. The molecule has 2 fully saturated rings. The largest absolute Gasteiger partial charge is 0.455 e. The summed E-state index contributed by atoms with van der Waals surface area (Å²) in [4.78, 5) is 60.3. The number of rotatable bonds is 6. The molecule has 8 atom stereocenters. The zero-order valence-electron chi connectivity index (χ0n) is 27.7. The van der Waals surface area contributed by atoms with Crippen LogP contribution >= 0.6 is 27.5 Å². The van der Waals surface area contributed by atoms with Gasteiger partial charge in [-0.2, -0.15) is 0 Å². The summed E-state index contributed by atoms with van der Waals surface area (Å²) < 4.78 is 13.3. The lowest BCUT2D eigenvalue weighted by Crippen LogP contribution is -2.59. The summed E-state index contributed by atoms with van der Waals surface area (Å²) in [5, 5.41) is 14.0. The van der Waals surface area contributed by atoms with E-state index in [1.165, 1.54) is 9.80 Å². The number of likely N-dealkylation sites (tertiary alicyclic amines) is 1. The van der Waals surface area contributed by atoms with Gasteiger partial charge in [0, 0.05) is 17.4 Å². The number of carbonyl (C=O) groups is 4. The molecule has 4 aliphatic heterocycles. The second kappa shape index (κ2) is 14.4. The second-order valence-electron chi connectivity index (χ2n) is 13.2. The highest BCUT2D eigenvalue weighted by molar-refractivity contribution is 9.11. The first kappa shape index (κ1) is 35.3. The number of aliphatic hydroxyl groups is 1. The first-order chi connectivity index (χ1) is 23.5. The third-order valence-electron chi connectivity index (χ3n) is 10.3. The van der Waals surface area contributed by atoms with Gasteiger partial charge in [-0.1, -0.05) is 102 Å². The van der Waals surface area contributed by atoms with Gasteiger partial charge in [-0.3, -0.25) is 19.2 Å². The highest BCUT2D eigenvalue weighted by atomic mass is 79.9. The van der Waals surface area contributed by atoms with Crippen molar-refractivity contribution < 1.29 is 33.8 Å². The molecule has 49 heavy (non-hydrogen) atoms. The van der Waals surface area contributed by atoms with Crippen LogP contribution in [0, 0.1) is 24.7 Å². The van der Waals surface area contributed by atoms with E-state index in [1.807, 2.05) is 63.2 Å². The number of aliphatic hydroxyl groups excluding tert-OH is 1. The average Bonchev–Trinajstić information content (AvgIpc) is 3.68. The molecule has 5 bridgehead atoms. The van der Waals surface area contributed by atoms with Crippen LogP contribution in [0.4, 0.5) is 5.69 Å². The molecule has 2 N–H and O–H groups in total. The number of halogens is 2. The Morgan fingerprint density at radius 3 is 2.53 bits per heavy atom. The standard InChI is InChI=1S/C37H41BrClN3O7/c1-4-21(2)26(20-43)42-33-35(46)41(31-22(3)12-11-15-25(31)39)17-10-6-9-16-28(44)40-19-27(23-13-7-5-8-14-23)48-36(47)29-30(34(42)45)37(33)18-24(38)32(29)49-37/h5-8,10-15,18,21,26-27,29-30,32-33,43H,4,9,16-17,19-20H2,1-3H3,(H,40,44)/b10-6-/t21-,26-,27+,29+,30-,32+,33+,37-/m0/s1. The molecule has 4 heterocycles.